The minimum absolute atomic E-state index is 0. The molecular formula is C11H17BrClN3O. The Morgan fingerprint density at radius 3 is 2.71 bits per heavy atom. The van der Waals surface area contributed by atoms with Crippen LogP contribution in [0, 0.1) is 0 Å². The maximum Gasteiger partial charge on any atom is 0.268 e. The number of carbonyl (C=O) groups excluding carboxylic acids is 1. The van der Waals surface area contributed by atoms with E-state index in [9.17, 15) is 4.79 Å². The van der Waals surface area contributed by atoms with Crippen LogP contribution in [-0.4, -0.2) is 29.6 Å². The summed E-state index contributed by atoms with van der Waals surface area (Å²) in [4.78, 5) is 12.0. The van der Waals surface area contributed by atoms with Gasteiger partial charge in [-0.25, -0.2) is 0 Å². The SMILES string of the molecule is Cl.Cn1cc(Br)cc1C(=O)NC1CCNCC1. The molecule has 4 nitrogen and oxygen atoms in total. The highest BCUT2D eigenvalue weighted by Gasteiger charge is 2.18. The first-order valence-electron chi connectivity index (χ1n) is 5.50. The van der Waals surface area contributed by atoms with Gasteiger partial charge in [0, 0.05) is 23.8 Å². The zero-order valence-electron chi connectivity index (χ0n) is 9.70. The van der Waals surface area contributed by atoms with Crippen molar-refractivity contribution in [1.82, 2.24) is 15.2 Å². The Morgan fingerprint density at radius 2 is 2.18 bits per heavy atom. The van der Waals surface area contributed by atoms with Crippen molar-refractivity contribution in [2.45, 2.75) is 18.9 Å². The maximum absolute atomic E-state index is 12.0. The van der Waals surface area contributed by atoms with Gasteiger partial charge in [0.1, 0.15) is 5.69 Å². The van der Waals surface area contributed by atoms with Gasteiger partial charge in [-0.3, -0.25) is 4.79 Å². The molecule has 1 aromatic heterocycles. The Kier molecular flexibility index (Phi) is 5.49. The minimum atomic E-state index is 0. The van der Waals surface area contributed by atoms with E-state index in [4.69, 9.17) is 0 Å². The average molecular weight is 323 g/mol. The van der Waals surface area contributed by atoms with Crippen LogP contribution in [-0.2, 0) is 7.05 Å². The normalized spacial score (nSPS) is 16.4. The number of hydrogen-bond acceptors (Lipinski definition) is 2. The minimum Gasteiger partial charge on any atom is -0.348 e. The van der Waals surface area contributed by atoms with Crippen molar-refractivity contribution in [3.63, 3.8) is 0 Å². The monoisotopic (exact) mass is 321 g/mol. The first-order valence-corrected chi connectivity index (χ1v) is 6.29. The zero-order chi connectivity index (χ0) is 11.5. The van der Waals surface area contributed by atoms with Gasteiger partial charge in [-0.1, -0.05) is 0 Å². The second-order valence-electron chi connectivity index (χ2n) is 4.15. The molecule has 1 aliphatic rings. The van der Waals surface area contributed by atoms with Crippen molar-refractivity contribution in [3.8, 4) is 0 Å². The summed E-state index contributed by atoms with van der Waals surface area (Å²) in [6, 6.07) is 2.15. The van der Waals surface area contributed by atoms with Gasteiger partial charge >= 0.3 is 0 Å². The van der Waals surface area contributed by atoms with Crippen LogP contribution in [0.2, 0.25) is 0 Å². The Bertz CT molecular complexity index is 388. The second kappa shape index (κ2) is 6.42. The highest BCUT2D eigenvalue weighted by Crippen LogP contribution is 2.14. The highest BCUT2D eigenvalue weighted by atomic mass is 79.9. The molecule has 96 valence electrons. The quantitative estimate of drug-likeness (QED) is 0.870. The highest BCUT2D eigenvalue weighted by molar-refractivity contribution is 9.10. The maximum atomic E-state index is 12.0. The lowest BCUT2D eigenvalue weighted by atomic mass is 10.1. The fourth-order valence-electron chi connectivity index (χ4n) is 1.98. The number of amides is 1. The lowest BCUT2D eigenvalue weighted by Crippen LogP contribution is -2.43. The molecule has 0 atom stereocenters. The number of carbonyl (C=O) groups is 1. The van der Waals surface area contributed by atoms with Crippen molar-refractivity contribution >= 4 is 34.2 Å². The van der Waals surface area contributed by atoms with Crippen LogP contribution in [0.4, 0.5) is 0 Å². The first-order chi connectivity index (χ1) is 7.66. The van der Waals surface area contributed by atoms with Crippen molar-refractivity contribution < 1.29 is 4.79 Å². The standard InChI is InChI=1S/C11H16BrN3O.ClH/c1-15-7-8(12)6-10(15)11(16)14-9-2-4-13-5-3-9;/h6-7,9,13H,2-5H2,1H3,(H,14,16);1H. The zero-order valence-corrected chi connectivity index (χ0v) is 12.1. The number of halogens is 2. The van der Waals surface area contributed by atoms with Crippen LogP contribution >= 0.6 is 28.3 Å². The molecule has 0 radical (unpaired) electrons. The predicted molar refractivity (Wildman–Crippen MR) is 73.7 cm³/mol. The van der Waals surface area contributed by atoms with E-state index >= 15 is 0 Å². The molecule has 17 heavy (non-hydrogen) atoms. The van der Waals surface area contributed by atoms with E-state index in [1.54, 1.807) is 0 Å². The molecule has 2 N–H and O–H groups in total. The lowest BCUT2D eigenvalue weighted by Gasteiger charge is -2.23. The number of nitrogens with one attached hydrogen (secondary N) is 2. The average Bonchev–Trinajstić information content (AvgIpc) is 2.59. The van der Waals surface area contributed by atoms with Gasteiger partial charge in [0.05, 0.1) is 0 Å². The van der Waals surface area contributed by atoms with Crippen molar-refractivity contribution in [2.24, 2.45) is 7.05 Å². The molecule has 0 saturated carbocycles. The molecule has 0 spiro atoms. The number of aryl methyl sites for hydroxylation is 1. The molecule has 1 aromatic rings. The van der Waals surface area contributed by atoms with E-state index in [1.165, 1.54) is 0 Å². The van der Waals surface area contributed by atoms with Crippen LogP contribution in [0.1, 0.15) is 23.3 Å². The van der Waals surface area contributed by atoms with E-state index in [0.29, 0.717) is 11.7 Å². The van der Waals surface area contributed by atoms with Crippen molar-refractivity contribution in [3.05, 3.63) is 22.4 Å². The molecule has 0 unspecified atom stereocenters. The Hall–Kier alpha value is -0.520. The number of piperidine rings is 1. The van der Waals surface area contributed by atoms with Gasteiger partial charge < -0.3 is 15.2 Å². The van der Waals surface area contributed by atoms with Crippen LogP contribution < -0.4 is 10.6 Å². The smallest absolute Gasteiger partial charge is 0.268 e. The molecule has 1 amide bonds. The van der Waals surface area contributed by atoms with Gasteiger partial charge in [-0.05, 0) is 47.9 Å². The molecule has 0 bridgehead atoms. The molecule has 0 aromatic carbocycles. The van der Waals surface area contributed by atoms with Crippen LogP contribution in [0.25, 0.3) is 0 Å². The Labute approximate surface area is 116 Å². The predicted octanol–water partition coefficient (Wildman–Crippen LogP) is 1.69. The van der Waals surface area contributed by atoms with E-state index in [-0.39, 0.29) is 18.3 Å². The van der Waals surface area contributed by atoms with Crippen molar-refractivity contribution in [2.75, 3.05) is 13.1 Å². The molecule has 0 aliphatic carbocycles. The summed E-state index contributed by atoms with van der Waals surface area (Å²) in [5.74, 6) is 0.0140. The first kappa shape index (κ1) is 14.5. The number of hydrogen-bond donors (Lipinski definition) is 2. The lowest BCUT2D eigenvalue weighted by molar-refractivity contribution is 0.0921. The molecule has 1 fully saturated rings. The topological polar surface area (TPSA) is 46.1 Å². The van der Waals surface area contributed by atoms with Gasteiger partial charge in [-0.2, -0.15) is 0 Å². The summed E-state index contributed by atoms with van der Waals surface area (Å²) in [5.41, 5.74) is 0.699. The fraction of sp³-hybridized carbons (Fsp3) is 0.545. The summed E-state index contributed by atoms with van der Waals surface area (Å²) in [7, 11) is 1.88. The van der Waals surface area contributed by atoms with Crippen LogP contribution in [0.5, 0.6) is 0 Å². The summed E-state index contributed by atoms with van der Waals surface area (Å²) in [6.07, 6.45) is 3.91. The molecule has 2 rings (SSSR count). The van der Waals surface area contributed by atoms with Crippen LogP contribution in [0.3, 0.4) is 0 Å². The van der Waals surface area contributed by atoms with Crippen molar-refractivity contribution in [1.29, 1.82) is 0 Å². The summed E-state index contributed by atoms with van der Waals surface area (Å²) < 4.78 is 2.77. The van der Waals surface area contributed by atoms with Gasteiger partial charge in [0.25, 0.3) is 5.91 Å². The molecular weight excluding hydrogens is 305 g/mol. The van der Waals surface area contributed by atoms with E-state index in [1.807, 2.05) is 23.9 Å². The van der Waals surface area contributed by atoms with Crippen LogP contribution in [0.15, 0.2) is 16.7 Å². The second-order valence-corrected chi connectivity index (χ2v) is 5.07. The molecule has 6 heteroatoms. The number of nitrogens with zero attached hydrogens (tertiary/aromatic N) is 1. The third-order valence-corrected chi connectivity index (χ3v) is 3.31. The largest absolute Gasteiger partial charge is 0.348 e. The van der Waals surface area contributed by atoms with E-state index in [0.717, 1.165) is 30.4 Å². The van der Waals surface area contributed by atoms with E-state index < -0.39 is 0 Å². The summed E-state index contributed by atoms with van der Waals surface area (Å²) in [5, 5.41) is 6.35. The molecule has 1 aliphatic heterocycles. The van der Waals surface area contributed by atoms with E-state index in [2.05, 4.69) is 26.6 Å². The number of aromatic nitrogens is 1. The fourth-order valence-corrected chi connectivity index (χ4v) is 2.50. The van der Waals surface area contributed by atoms with Gasteiger partial charge in [0.15, 0.2) is 0 Å². The summed E-state index contributed by atoms with van der Waals surface area (Å²) >= 11 is 3.37. The van der Waals surface area contributed by atoms with Gasteiger partial charge in [-0.15, -0.1) is 12.4 Å². The Morgan fingerprint density at radius 1 is 1.53 bits per heavy atom. The number of rotatable bonds is 2. The van der Waals surface area contributed by atoms with Gasteiger partial charge in [0.2, 0.25) is 0 Å². The molecule has 1 saturated heterocycles. The third-order valence-electron chi connectivity index (χ3n) is 2.88. The summed E-state index contributed by atoms with van der Waals surface area (Å²) in [6.45, 7) is 1.98. The molecule has 2 heterocycles. The Balaban J connectivity index is 0.00000144. The third kappa shape index (κ3) is 3.72.